The number of rotatable bonds is 3. The first-order valence-corrected chi connectivity index (χ1v) is 7.28. The van der Waals surface area contributed by atoms with E-state index in [2.05, 4.69) is 23.7 Å². The number of carboxylic acids is 1. The van der Waals surface area contributed by atoms with E-state index >= 15 is 0 Å². The lowest BCUT2D eigenvalue weighted by Gasteiger charge is -2.37. The Labute approximate surface area is 124 Å². The lowest BCUT2D eigenvalue weighted by molar-refractivity contribution is 0.0594. The zero-order valence-electron chi connectivity index (χ0n) is 13.1. The molecule has 2 rings (SSSR count). The SMILES string of the molecule is Cc1[nH]c(C(=O)O)c(C)c1C(=O)N1CCN(C(C)C)CC1. The fourth-order valence-corrected chi connectivity index (χ4v) is 2.88. The van der Waals surface area contributed by atoms with Crippen LogP contribution in [0.1, 0.15) is 46.0 Å². The van der Waals surface area contributed by atoms with Crippen molar-refractivity contribution in [1.82, 2.24) is 14.8 Å². The van der Waals surface area contributed by atoms with Crippen LogP contribution in [0.5, 0.6) is 0 Å². The lowest BCUT2D eigenvalue weighted by atomic mass is 10.1. The van der Waals surface area contributed by atoms with Gasteiger partial charge in [0.15, 0.2) is 0 Å². The fourth-order valence-electron chi connectivity index (χ4n) is 2.88. The molecular weight excluding hydrogens is 270 g/mol. The summed E-state index contributed by atoms with van der Waals surface area (Å²) in [4.78, 5) is 30.7. The van der Waals surface area contributed by atoms with Gasteiger partial charge < -0.3 is 15.0 Å². The summed E-state index contributed by atoms with van der Waals surface area (Å²) in [5.41, 5.74) is 1.76. The molecule has 1 aliphatic rings. The van der Waals surface area contributed by atoms with E-state index in [1.165, 1.54) is 0 Å². The number of nitrogens with zero attached hydrogens (tertiary/aromatic N) is 2. The molecule has 1 aliphatic heterocycles. The van der Waals surface area contributed by atoms with E-state index < -0.39 is 5.97 Å². The first-order chi connectivity index (χ1) is 9.82. The van der Waals surface area contributed by atoms with Crippen LogP contribution in [-0.4, -0.2) is 64.0 Å². The summed E-state index contributed by atoms with van der Waals surface area (Å²) < 4.78 is 0. The van der Waals surface area contributed by atoms with E-state index in [0.29, 0.717) is 36.0 Å². The van der Waals surface area contributed by atoms with Crippen LogP contribution in [0.2, 0.25) is 0 Å². The van der Waals surface area contributed by atoms with Gasteiger partial charge in [-0.25, -0.2) is 4.79 Å². The second-order valence-corrected chi connectivity index (χ2v) is 5.85. The summed E-state index contributed by atoms with van der Waals surface area (Å²) in [5, 5.41) is 9.13. The van der Waals surface area contributed by atoms with Gasteiger partial charge in [-0.1, -0.05) is 0 Å². The van der Waals surface area contributed by atoms with Crippen molar-refractivity contribution in [3.8, 4) is 0 Å². The Morgan fingerprint density at radius 2 is 1.71 bits per heavy atom. The van der Waals surface area contributed by atoms with Crippen molar-refractivity contribution in [3.05, 3.63) is 22.5 Å². The van der Waals surface area contributed by atoms with Gasteiger partial charge in [0.05, 0.1) is 5.56 Å². The quantitative estimate of drug-likeness (QED) is 0.885. The largest absolute Gasteiger partial charge is 0.477 e. The first-order valence-electron chi connectivity index (χ1n) is 7.28. The molecule has 1 aromatic heterocycles. The standard InChI is InChI=1S/C15H23N3O3/c1-9(2)17-5-7-18(8-6-17)14(19)12-10(3)13(15(20)21)16-11(12)4/h9,16H,5-8H2,1-4H3,(H,20,21). The zero-order chi connectivity index (χ0) is 15.7. The molecule has 1 aromatic rings. The van der Waals surface area contributed by atoms with Crippen LogP contribution in [0.4, 0.5) is 0 Å². The maximum atomic E-state index is 12.6. The van der Waals surface area contributed by atoms with Crippen molar-refractivity contribution in [2.45, 2.75) is 33.7 Å². The number of nitrogens with one attached hydrogen (secondary N) is 1. The number of aromatic amines is 1. The number of aryl methyl sites for hydroxylation is 1. The van der Waals surface area contributed by atoms with Gasteiger partial charge in [0.1, 0.15) is 5.69 Å². The Morgan fingerprint density at radius 1 is 1.14 bits per heavy atom. The van der Waals surface area contributed by atoms with E-state index in [9.17, 15) is 9.59 Å². The van der Waals surface area contributed by atoms with Crippen molar-refractivity contribution < 1.29 is 14.7 Å². The topological polar surface area (TPSA) is 76.6 Å². The average molecular weight is 293 g/mol. The molecule has 0 radical (unpaired) electrons. The van der Waals surface area contributed by atoms with E-state index in [1.807, 2.05) is 4.90 Å². The van der Waals surface area contributed by atoms with Gasteiger partial charge in [-0.2, -0.15) is 0 Å². The maximum absolute atomic E-state index is 12.6. The third-order valence-electron chi connectivity index (χ3n) is 4.20. The number of piperazine rings is 1. The smallest absolute Gasteiger partial charge is 0.352 e. The number of aromatic nitrogens is 1. The lowest BCUT2D eigenvalue weighted by Crippen LogP contribution is -2.50. The predicted molar refractivity (Wildman–Crippen MR) is 79.8 cm³/mol. The monoisotopic (exact) mass is 293 g/mol. The Kier molecular flexibility index (Phi) is 4.37. The molecule has 2 N–H and O–H groups in total. The molecule has 0 saturated carbocycles. The Balaban J connectivity index is 2.17. The molecule has 1 amide bonds. The van der Waals surface area contributed by atoms with Crippen molar-refractivity contribution in [2.24, 2.45) is 0 Å². The first kappa shape index (κ1) is 15.6. The molecule has 0 atom stereocenters. The number of carboxylic acid groups (broad SMARTS) is 1. The van der Waals surface area contributed by atoms with E-state index in [-0.39, 0.29) is 11.6 Å². The number of H-pyrrole nitrogens is 1. The summed E-state index contributed by atoms with van der Waals surface area (Å²) in [7, 11) is 0. The highest BCUT2D eigenvalue weighted by atomic mass is 16.4. The van der Waals surface area contributed by atoms with E-state index in [4.69, 9.17) is 5.11 Å². The molecule has 116 valence electrons. The Hall–Kier alpha value is -1.82. The van der Waals surface area contributed by atoms with Gasteiger partial charge in [0, 0.05) is 37.9 Å². The summed E-state index contributed by atoms with van der Waals surface area (Å²) >= 11 is 0. The Morgan fingerprint density at radius 3 is 2.14 bits per heavy atom. The highest BCUT2D eigenvalue weighted by Crippen LogP contribution is 2.21. The van der Waals surface area contributed by atoms with Gasteiger partial charge in [0.25, 0.3) is 5.91 Å². The molecule has 6 nitrogen and oxygen atoms in total. The van der Waals surface area contributed by atoms with Gasteiger partial charge in [-0.15, -0.1) is 0 Å². The maximum Gasteiger partial charge on any atom is 0.352 e. The highest BCUT2D eigenvalue weighted by molar-refractivity contribution is 6.00. The van der Waals surface area contributed by atoms with Crippen LogP contribution in [-0.2, 0) is 0 Å². The molecular formula is C15H23N3O3. The van der Waals surface area contributed by atoms with Crippen molar-refractivity contribution in [2.75, 3.05) is 26.2 Å². The second-order valence-electron chi connectivity index (χ2n) is 5.85. The molecule has 0 spiro atoms. The normalized spacial score (nSPS) is 16.5. The molecule has 0 unspecified atom stereocenters. The molecule has 21 heavy (non-hydrogen) atoms. The minimum absolute atomic E-state index is 0.0721. The Bertz CT molecular complexity index is 555. The number of carbonyl (C=O) groups is 2. The number of hydrogen-bond donors (Lipinski definition) is 2. The van der Waals surface area contributed by atoms with Crippen LogP contribution < -0.4 is 0 Å². The fraction of sp³-hybridized carbons (Fsp3) is 0.600. The molecule has 2 heterocycles. The third-order valence-corrected chi connectivity index (χ3v) is 4.20. The van der Waals surface area contributed by atoms with Gasteiger partial charge in [0.2, 0.25) is 0 Å². The zero-order valence-corrected chi connectivity index (χ0v) is 13.1. The van der Waals surface area contributed by atoms with E-state index in [1.54, 1.807) is 13.8 Å². The molecule has 1 fully saturated rings. The van der Waals surface area contributed by atoms with Gasteiger partial charge in [-0.05, 0) is 33.3 Å². The minimum atomic E-state index is -1.03. The average Bonchev–Trinajstić information content (AvgIpc) is 2.73. The summed E-state index contributed by atoms with van der Waals surface area (Å²) in [5.74, 6) is -1.10. The summed E-state index contributed by atoms with van der Waals surface area (Å²) in [6.45, 7) is 10.8. The van der Waals surface area contributed by atoms with Crippen LogP contribution >= 0.6 is 0 Å². The number of aromatic carboxylic acids is 1. The third kappa shape index (κ3) is 2.95. The minimum Gasteiger partial charge on any atom is -0.477 e. The molecule has 0 bridgehead atoms. The van der Waals surface area contributed by atoms with Crippen LogP contribution in [0.3, 0.4) is 0 Å². The number of hydrogen-bond acceptors (Lipinski definition) is 3. The molecule has 0 aromatic carbocycles. The van der Waals surface area contributed by atoms with Gasteiger partial charge in [-0.3, -0.25) is 9.69 Å². The summed E-state index contributed by atoms with van der Waals surface area (Å²) in [6.07, 6.45) is 0. The predicted octanol–water partition coefficient (Wildman–Crippen LogP) is 1.50. The van der Waals surface area contributed by atoms with E-state index in [0.717, 1.165) is 13.1 Å². The number of carbonyl (C=O) groups excluding carboxylic acids is 1. The van der Waals surface area contributed by atoms with Crippen molar-refractivity contribution in [1.29, 1.82) is 0 Å². The molecule has 6 heteroatoms. The van der Waals surface area contributed by atoms with Crippen molar-refractivity contribution in [3.63, 3.8) is 0 Å². The van der Waals surface area contributed by atoms with Gasteiger partial charge >= 0.3 is 5.97 Å². The van der Waals surface area contributed by atoms with Crippen LogP contribution in [0, 0.1) is 13.8 Å². The second kappa shape index (κ2) is 5.89. The molecule has 1 saturated heterocycles. The number of amides is 1. The van der Waals surface area contributed by atoms with Crippen molar-refractivity contribution >= 4 is 11.9 Å². The van der Waals surface area contributed by atoms with Crippen LogP contribution in [0.15, 0.2) is 0 Å². The summed E-state index contributed by atoms with van der Waals surface area (Å²) in [6, 6.07) is 0.483. The highest BCUT2D eigenvalue weighted by Gasteiger charge is 2.28. The molecule has 0 aliphatic carbocycles. The van der Waals surface area contributed by atoms with Crippen LogP contribution in [0.25, 0.3) is 0 Å².